The molecule has 6 aromatic carbocycles. The first-order chi connectivity index (χ1) is 53.9. The van der Waals surface area contributed by atoms with E-state index in [0.717, 1.165) is 111 Å². The average Bonchev–Trinajstić information content (AvgIpc) is 1.62. The standard InChI is InChI=1S/C32H22FN5O2.2C21H16N3.2C8H7N3.2Ir.Pt/c1-18(2)21-9-8-12-25-29(21)30-22(32-37-23-10-4-5-11-24(23)38(25)32)15-20(17-35-30)39-27-16-26(19(3)36-31(27)33)40-28-13-6-7-14-34-28;2*1-13(2)14-7-5-11-18-19(14)20-15(8-6-12-22-20)21-23-16-9-3-4-10-17(16)24(18)21;2*1-2-5-9-8(4-1)11-7-3-6-10-11;;;/h4-14,17-18H,1-3H3;2*3-7,9-13H,1-2H3;2*1-7H;;;/q-2;2*-1;;;;;+2. The van der Waals surface area contributed by atoms with Crippen LogP contribution in [0.2, 0.25) is 0 Å². The number of nitrogens with zero attached hydrogens (tertiary/aromatic N) is 17. The van der Waals surface area contributed by atoms with Crippen LogP contribution < -0.4 is 9.47 Å². The van der Waals surface area contributed by atoms with Crippen LogP contribution in [0, 0.1) is 37.1 Å². The predicted octanol–water partition coefficient (Wildman–Crippen LogP) is 20.5. The zero-order chi connectivity index (χ0) is 74.9. The third-order valence-electron chi connectivity index (χ3n) is 19.0. The number of imidazole rings is 3. The van der Waals surface area contributed by atoms with Gasteiger partial charge < -0.3 is 42.6 Å². The van der Waals surface area contributed by atoms with Crippen LogP contribution >= 0.6 is 0 Å². The maximum absolute atomic E-state index is 14.9. The monoisotopic (exact) mass is 2020 g/mol. The first kappa shape index (κ1) is 77.4. The van der Waals surface area contributed by atoms with Crippen molar-refractivity contribution in [2.45, 2.75) is 66.2 Å². The molecule has 0 aliphatic rings. The minimum atomic E-state index is -0.823. The van der Waals surface area contributed by atoms with Gasteiger partial charge in [-0.3, -0.25) is 19.3 Å². The van der Waals surface area contributed by atoms with Crippen LogP contribution in [0.15, 0.2) is 268 Å². The van der Waals surface area contributed by atoms with Gasteiger partial charge in [0.05, 0.1) is 61.5 Å². The number of fused-ring (bicyclic) bond motifs is 24. The van der Waals surface area contributed by atoms with Gasteiger partial charge in [-0.2, -0.15) is 10.2 Å². The zero-order valence-corrected chi connectivity index (χ0v) is 69.0. The summed E-state index contributed by atoms with van der Waals surface area (Å²) in [6.45, 7) is 14.8. The van der Waals surface area contributed by atoms with E-state index in [-0.39, 0.29) is 84.4 Å². The summed E-state index contributed by atoms with van der Waals surface area (Å²) < 4.78 is 36.7. The Kier molecular flexibility index (Phi) is 23.1. The summed E-state index contributed by atoms with van der Waals surface area (Å²) in [6, 6.07) is 80.8. The van der Waals surface area contributed by atoms with Gasteiger partial charge in [-0.25, -0.2) is 24.3 Å². The minimum Gasteiger partial charge on any atom is -0.497 e. The van der Waals surface area contributed by atoms with Crippen LogP contribution in [-0.2, 0) is 61.3 Å². The molecule has 19 nitrogen and oxygen atoms in total. The molecule has 15 heterocycles. The Bertz CT molecular complexity index is 6690. The number of ether oxygens (including phenoxy) is 2. The van der Waals surface area contributed by atoms with Gasteiger partial charge in [0, 0.05) is 112 Å². The SMILES string of the molecule is CC(C)c1cccc2c1c1ncc[c-]c1c1nc3ccccc3n21.CC(C)c1cccc2c1c1ncc[c-]c1c1nc3ccccc3n21.Cc1nc(F)c(Oc2[c-]c3c(nc2)c2c(C(C)C)cccc2n2c4ccccc4nc32)[c-]c1Oc1ccccn1.[Ir].[Ir].[Pt+2].c1ccc(-n2cccn2)nc1.c1ccc(-n2cccn2)nc1. The van der Waals surface area contributed by atoms with E-state index in [1.165, 1.54) is 28.1 Å². The van der Waals surface area contributed by atoms with Gasteiger partial charge in [-0.1, -0.05) is 180 Å². The van der Waals surface area contributed by atoms with E-state index in [4.69, 9.17) is 29.4 Å². The van der Waals surface area contributed by atoms with Crippen LogP contribution in [0.1, 0.15) is 81.7 Å². The summed E-state index contributed by atoms with van der Waals surface area (Å²) in [5.74, 6) is 2.48. The molecule has 2 radical (unpaired) electrons. The number of rotatable bonds is 9. The smallest absolute Gasteiger partial charge is 0.497 e. The van der Waals surface area contributed by atoms with Crippen LogP contribution in [-0.4, -0.2) is 82.6 Å². The van der Waals surface area contributed by atoms with Gasteiger partial charge in [0.1, 0.15) is 5.95 Å². The third-order valence-corrected chi connectivity index (χ3v) is 19.0. The molecule has 0 saturated heterocycles. The molecule has 0 unspecified atom stereocenters. The van der Waals surface area contributed by atoms with Crippen LogP contribution in [0.3, 0.4) is 0 Å². The first-order valence-electron chi connectivity index (χ1n) is 36.1. The fraction of sp³-hybridized carbons (Fsp3) is 0.111. The number of aryl methyl sites for hydroxylation is 1. The van der Waals surface area contributed by atoms with Gasteiger partial charge in [0.25, 0.3) is 0 Å². The molecule has 113 heavy (non-hydrogen) atoms. The van der Waals surface area contributed by atoms with Crippen molar-refractivity contribution in [1.29, 1.82) is 0 Å². The summed E-state index contributed by atoms with van der Waals surface area (Å²) in [5, 5.41) is 14.1. The van der Waals surface area contributed by atoms with Gasteiger partial charge in [-0.15, -0.1) is 24.3 Å². The fourth-order valence-electron chi connectivity index (χ4n) is 14.1. The van der Waals surface area contributed by atoms with Gasteiger partial charge >= 0.3 is 21.1 Å². The second-order valence-electron chi connectivity index (χ2n) is 27.0. The molecule has 21 rings (SSSR count). The molecule has 0 saturated carbocycles. The number of pyridine rings is 10. The van der Waals surface area contributed by atoms with E-state index in [2.05, 4.69) is 210 Å². The Morgan fingerprint density at radius 1 is 0.372 bits per heavy atom. The first-order valence-corrected chi connectivity index (χ1v) is 36.1. The van der Waals surface area contributed by atoms with Crippen LogP contribution in [0.25, 0.3) is 127 Å². The number of aromatic nitrogens is 17. The number of hydrogen-bond acceptors (Lipinski definition) is 14. The molecule has 562 valence electrons. The van der Waals surface area contributed by atoms with Crippen molar-refractivity contribution in [3.63, 3.8) is 0 Å². The van der Waals surface area contributed by atoms with E-state index in [0.29, 0.717) is 34.4 Å². The number of halogens is 1. The maximum Gasteiger partial charge on any atom is 2.00 e. The molecule has 0 aliphatic carbocycles. The van der Waals surface area contributed by atoms with E-state index in [1.54, 1.807) is 65.5 Å². The Labute approximate surface area is 689 Å². The molecule has 15 aromatic heterocycles. The minimum absolute atomic E-state index is 0. The summed E-state index contributed by atoms with van der Waals surface area (Å²) in [7, 11) is 0. The Hall–Kier alpha value is -12.3. The second-order valence-corrected chi connectivity index (χ2v) is 27.0. The molecule has 0 spiro atoms. The molecule has 0 bridgehead atoms. The fourth-order valence-corrected chi connectivity index (χ4v) is 14.1. The van der Waals surface area contributed by atoms with Crippen molar-refractivity contribution in [3.8, 4) is 34.8 Å². The van der Waals surface area contributed by atoms with Crippen LogP contribution in [0.5, 0.6) is 23.1 Å². The Balaban J connectivity index is 0.000000126. The molecule has 0 N–H and O–H groups in total. The summed E-state index contributed by atoms with van der Waals surface area (Å²) in [4.78, 5) is 45.2. The van der Waals surface area contributed by atoms with E-state index in [9.17, 15) is 4.39 Å². The molecule has 0 atom stereocenters. The molecular weight excluding hydrogens is 1950 g/mol. The molecular formula is C90H68FIr2N17O2Pt-2. The molecule has 0 amide bonds. The molecule has 0 aliphatic heterocycles. The van der Waals surface area contributed by atoms with Gasteiger partial charge in [0.2, 0.25) is 5.88 Å². The van der Waals surface area contributed by atoms with Crippen molar-refractivity contribution >= 4 is 115 Å². The topological polar surface area (TPSA) is 196 Å². The van der Waals surface area contributed by atoms with Gasteiger partial charge in [0.15, 0.2) is 11.6 Å². The van der Waals surface area contributed by atoms with Crippen molar-refractivity contribution in [2.24, 2.45) is 0 Å². The molecule has 21 aromatic rings. The molecule has 23 heteroatoms. The van der Waals surface area contributed by atoms with E-state index in [1.807, 2.05) is 122 Å². The quantitative estimate of drug-likeness (QED) is 0.0751. The van der Waals surface area contributed by atoms with E-state index >= 15 is 0 Å². The summed E-state index contributed by atoms with van der Waals surface area (Å²) in [6.07, 6.45) is 17.4. The zero-order valence-electron chi connectivity index (χ0n) is 61.9. The van der Waals surface area contributed by atoms with Crippen molar-refractivity contribution in [2.75, 3.05) is 0 Å². The largest absolute Gasteiger partial charge is 2.00 e. The van der Waals surface area contributed by atoms with Crippen molar-refractivity contribution < 1.29 is 75.1 Å². The van der Waals surface area contributed by atoms with Crippen LogP contribution in [0.4, 0.5) is 4.39 Å². The molecule has 0 fully saturated rings. The maximum atomic E-state index is 14.9. The normalized spacial score (nSPS) is 11.2. The number of benzene rings is 6. The number of para-hydroxylation sites is 6. The van der Waals surface area contributed by atoms with Crippen molar-refractivity contribution in [1.82, 2.24) is 82.6 Å². The number of hydrogen-bond donors (Lipinski definition) is 0. The van der Waals surface area contributed by atoms with Crippen molar-refractivity contribution in [3.05, 3.63) is 321 Å². The third kappa shape index (κ3) is 15.0. The average molecular weight is 2020 g/mol. The van der Waals surface area contributed by atoms with E-state index < -0.39 is 5.95 Å². The summed E-state index contributed by atoms with van der Waals surface area (Å²) >= 11 is 0. The Morgan fingerprint density at radius 2 is 0.779 bits per heavy atom. The Morgan fingerprint density at radius 3 is 1.19 bits per heavy atom. The summed E-state index contributed by atoms with van der Waals surface area (Å²) in [5.41, 5.74) is 18.7. The predicted molar refractivity (Wildman–Crippen MR) is 430 cm³/mol. The van der Waals surface area contributed by atoms with Gasteiger partial charge in [-0.05, 0) is 176 Å². The second kappa shape index (κ2) is 33.7.